The molecule has 4 N–H and O–H groups in total. The molecule has 1 aromatic carbocycles. The van der Waals surface area contributed by atoms with Crippen LogP contribution < -0.4 is 26.0 Å². The molecule has 0 amide bonds. The van der Waals surface area contributed by atoms with Crippen molar-refractivity contribution in [2.75, 3.05) is 48.8 Å². The summed E-state index contributed by atoms with van der Waals surface area (Å²) in [5.74, 6) is 2.60. The van der Waals surface area contributed by atoms with E-state index in [1.54, 1.807) is 7.11 Å². The van der Waals surface area contributed by atoms with E-state index in [1.807, 2.05) is 12.1 Å². The lowest BCUT2D eigenvalue weighted by Gasteiger charge is -2.37. The molecule has 2 aromatic rings. The van der Waals surface area contributed by atoms with Crippen LogP contribution in [-0.2, 0) is 0 Å². The summed E-state index contributed by atoms with van der Waals surface area (Å²) in [6, 6.07) is 10.6. The number of nitrogens with two attached hydrogens (primary N) is 2. The third kappa shape index (κ3) is 4.71. The molecular weight excluding hydrogens is 399 g/mol. The highest BCUT2D eigenvalue weighted by atomic mass is 35.5. The zero-order valence-corrected chi connectivity index (χ0v) is 17.6. The third-order valence-electron chi connectivity index (χ3n) is 5.38. The van der Waals surface area contributed by atoms with Crippen LogP contribution in [0, 0.1) is 0 Å². The molecular formula is C19H28Cl2N6O. The number of benzene rings is 1. The molecule has 0 bridgehead atoms. The molecule has 7 nitrogen and oxygen atoms in total. The number of rotatable bonds is 4. The Morgan fingerprint density at radius 3 is 2.14 bits per heavy atom. The summed E-state index contributed by atoms with van der Waals surface area (Å²) in [7, 11) is 1.69. The van der Waals surface area contributed by atoms with Crippen LogP contribution in [0.25, 0.3) is 0 Å². The summed E-state index contributed by atoms with van der Waals surface area (Å²) in [4.78, 5) is 13.6. The van der Waals surface area contributed by atoms with Gasteiger partial charge in [0.05, 0.1) is 12.8 Å². The van der Waals surface area contributed by atoms with Gasteiger partial charge in [0.2, 0.25) is 5.95 Å². The minimum absolute atomic E-state index is 0. The van der Waals surface area contributed by atoms with E-state index in [2.05, 4.69) is 38.0 Å². The summed E-state index contributed by atoms with van der Waals surface area (Å²) in [5, 5.41) is 0. The molecule has 9 heteroatoms. The molecule has 1 aliphatic heterocycles. The summed E-state index contributed by atoms with van der Waals surface area (Å²) >= 11 is 0. The molecule has 4 rings (SSSR count). The summed E-state index contributed by atoms with van der Waals surface area (Å²) in [6.45, 7) is 3.71. The number of nitrogen functional groups attached to an aromatic ring is 1. The zero-order chi connectivity index (χ0) is 18.1. The number of halogens is 2. The molecule has 154 valence electrons. The average Bonchev–Trinajstić information content (AvgIpc) is 2.65. The smallest absolute Gasteiger partial charge is 0.222 e. The fourth-order valence-corrected chi connectivity index (χ4v) is 3.73. The van der Waals surface area contributed by atoms with Crippen molar-refractivity contribution in [3.05, 3.63) is 36.0 Å². The SMILES string of the molecule is COc1ccc(N2CCN(c3cc(C4CC(N)C4)nc(N)n3)CC2)cc1.Cl.Cl. The summed E-state index contributed by atoms with van der Waals surface area (Å²) < 4.78 is 5.23. The molecule has 0 radical (unpaired) electrons. The van der Waals surface area contributed by atoms with E-state index in [0.29, 0.717) is 17.9 Å². The molecule has 1 aliphatic carbocycles. The zero-order valence-electron chi connectivity index (χ0n) is 16.0. The van der Waals surface area contributed by atoms with Crippen LogP contribution in [0.2, 0.25) is 0 Å². The number of methoxy groups -OCH3 is 1. The number of ether oxygens (including phenoxy) is 1. The number of piperazine rings is 1. The van der Waals surface area contributed by atoms with Crippen molar-refractivity contribution < 1.29 is 4.74 Å². The highest BCUT2D eigenvalue weighted by molar-refractivity contribution is 5.85. The van der Waals surface area contributed by atoms with Crippen LogP contribution in [-0.4, -0.2) is 49.3 Å². The van der Waals surface area contributed by atoms with Gasteiger partial charge in [0, 0.05) is 49.9 Å². The van der Waals surface area contributed by atoms with E-state index in [0.717, 1.165) is 56.3 Å². The highest BCUT2D eigenvalue weighted by Crippen LogP contribution is 2.36. The summed E-state index contributed by atoms with van der Waals surface area (Å²) in [5.41, 5.74) is 14.1. The Labute approximate surface area is 178 Å². The number of hydrogen-bond acceptors (Lipinski definition) is 7. The van der Waals surface area contributed by atoms with Gasteiger partial charge >= 0.3 is 0 Å². The predicted molar refractivity (Wildman–Crippen MR) is 118 cm³/mol. The fourth-order valence-electron chi connectivity index (χ4n) is 3.73. The van der Waals surface area contributed by atoms with Gasteiger partial charge in [-0.15, -0.1) is 24.8 Å². The van der Waals surface area contributed by atoms with Gasteiger partial charge in [-0.05, 0) is 37.1 Å². The van der Waals surface area contributed by atoms with E-state index < -0.39 is 0 Å². The maximum atomic E-state index is 5.96. The molecule has 0 spiro atoms. The number of anilines is 3. The lowest BCUT2D eigenvalue weighted by atomic mass is 9.78. The second kappa shape index (κ2) is 9.49. The second-order valence-electron chi connectivity index (χ2n) is 7.11. The Bertz CT molecular complexity index is 762. The second-order valence-corrected chi connectivity index (χ2v) is 7.11. The van der Waals surface area contributed by atoms with Gasteiger partial charge in [0.25, 0.3) is 0 Å². The van der Waals surface area contributed by atoms with E-state index in [-0.39, 0.29) is 24.8 Å². The Kier molecular flexibility index (Phi) is 7.57. The van der Waals surface area contributed by atoms with Crippen molar-refractivity contribution in [1.82, 2.24) is 9.97 Å². The van der Waals surface area contributed by atoms with Gasteiger partial charge in [-0.25, -0.2) is 4.98 Å². The third-order valence-corrected chi connectivity index (χ3v) is 5.38. The maximum absolute atomic E-state index is 5.96. The number of nitrogens with zero attached hydrogens (tertiary/aromatic N) is 4. The van der Waals surface area contributed by atoms with Crippen molar-refractivity contribution in [1.29, 1.82) is 0 Å². The quantitative estimate of drug-likeness (QED) is 0.774. The standard InChI is InChI=1S/C19H26N6O.2ClH/c1-26-16-4-2-15(3-5-16)24-6-8-25(9-7-24)18-12-17(22-19(21)23-18)13-10-14(20)11-13;;/h2-5,12-14H,6-11,20H2,1H3,(H2,21,22,23);2*1H. The molecule has 2 aliphatic rings. The lowest BCUT2D eigenvalue weighted by molar-refractivity contribution is 0.345. The molecule has 1 aromatic heterocycles. The lowest BCUT2D eigenvalue weighted by Crippen LogP contribution is -2.47. The molecule has 0 atom stereocenters. The van der Waals surface area contributed by atoms with Crippen molar-refractivity contribution in [3.8, 4) is 5.75 Å². The Hall–Kier alpha value is -1.96. The number of aromatic nitrogens is 2. The molecule has 1 saturated heterocycles. The van der Waals surface area contributed by atoms with E-state index in [9.17, 15) is 0 Å². The highest BCUT2D eigenvalue weighted by Gasteiger charge is 2.30. The Morgan fingerprint density at radius 2 is 1.57 bits per heavy atom. The van der Waals surface area contributed by atoms with Crippen LogP contribution in [0.5, 0.6) is 5.75 Å². The van der Waals surface area contributed by atoms with Gasteiger partial charge in [-0.3, -0.25) is 0 Å². The first-order valence-electron chi connectivity index (χ1n) is 9.16. The van der Waals surface area contributed by atoms with Crippen LogP contribution in [0.3, 0.4) is 0 Å². The topological polar surface area (TPSA) is 93.5 Å². The van der Waals surface area contributed by atoms with Crippen molar-refractivity contribution in [2.24, 2.45) is 5.73 Å². The minimum atomic E-state index is 0. The maximum Gasteiger partial charge on any atom is 0.222 e. The largest absolute Gasteiger partial charge is 0.497 e. The molecule has 28 heavy (non-hydrogen) atoms. The van der Waals surface area contributed by atoms with Crippen LogP contribution in [0.15, 0.2) is 30.3 Å². The molecule has 2 fully saturated rings. The Morgan fingerprint density at radius 1 is 0.964 bits per heavy atom. The minimum Gasteiger partial charge on any atom is -0.497 e. The first kappa shape index (κ1) is 22.3. The molecule has 1 saturated carbocycles. The fraction of sp³-hybridized carbons (Fsp3) is 0.474. The molecule has 2 heterocycles. The van der Waals surface area contributed by atoms with Crippen LogP contribution in [0.1, 0.15) is 24.5 Å². The first-order chi connectivity index (χ1) is 12.6. The average molecular weight is 427 g/mol. The van der Waals surface area contributed by atoms with E-state index in [1.165, 1.54) is 5.69 Å². The van der Waals surface area contributed by atoms with E-state index in [4.69, 9.17) is 16.2 Å². The van der Waals surface area contributed by atoms with Crippen molar-refractivity contribution in [2.45, 2.75) is 24.8 Å². The van der Waals surface area contributed by atoms with Gasteiger partial charge in [0.15, 0.2) is 0 Å². The van der Waals surface area contributed by atoms with Crippen LogP contribution >= 0.6 is 24.8 Å². The van der Waals surface area contributed by atoms with E-state index >= 15 is 0 Å². The Balaban J connectivity index is 0.00000140. The van der Waals surface area contributed by atoms with Crippen molar-refractivity contribution >= 4 is 42.3 Å². The first-order valence-corrected chi connectivity index (χ1v) is 9.16. The summed E-state index contributed by atoms with van der Waals surface area (Å²) in [6.07, 6.45) is 1.97. The van der Waals surface area contributed by atoms with Gasteiger partial charge in [-0.1, -0.05) is 0 Å². The van der Waals surface area contributed by atoms with Crippen molar-refractivity contribution in [3.63, 3.8) is 0 Å². The van der Waals surface area contributed by atoms with Gasteiger partial charge in [0.1, 0.15) is 11.6 Å². The van der Waals surface area contributed by atoms with Gasteiger partial charge in [-0.2, -0.15) is 4.98 Å². The molecule has 0 unspecified atom stereocenters. The van der Waals surface area contributed by atoms with Crippen LogP contribution in [0.4, 0.5) is 17.5 Å². The number of hydrogen-bond donors (Lipinski definition) is 2. The van der Waals surface area contributed by atoms with Gasteiger partial charge < -0.3 is 26.0 Å². The monoisotopic (exact) mass is 426 g/mol. The normalized spacial score (nSPS) is 21.2. The predicted octanol–water partition coefficient (Wildman–Crippen LogP) is 2.44.